The van der Waals surface area contributed by atoms with Crippen LogP contribution in [0, 0.1) is 0 Å². The molecule has 32 heavy (non-hydrogen) atoms. The first-order chi connectivity index (χ1) is 15.6. The molecule has 0 aromatic heterocycles. The van der Waals surface area contributed by atoms with Gasteiger partial charge >= 0.3 is 11.9 Å². The van der Waals surface area contributed by atoms with Gasteiger partial charge in [-0.3, -0.25) is 9.59 Å². The molecule has 0 fully saturated rings. The highest BCUT2D eigenvalue weighted by molar-refractivity contribution is 5.91. The SMILES string of the molecule is O=Cc1ccc(/C=C/C(=O)Oc2ccccc2OC(=O)/C=C/c2ccc(C=O)cc2)cc1. The monoisotopic (exact) mass is 426 g/mol. The second kappa shape index (κ2) is 11.0. The van der Waals surface area contributed by atoms with E-state index >= 15 is 0 Å². The van der Waals surface area contributed by atoms with Gasteiger partial charge in [0.05, 0.1) is 0 Å². The van der Waals surface area contributed by atoms with Crippen molar-refractivity contribution < 1.29 is 28.7 Å². The van der Waals surface area contributed by atoms with Crippen molar-refractivity contribution in [3.63, 3.8) is 0 Å². The molecular formula is C26H18O6. The van der Waals surface area contributed by atoms with Crippen LogP contribution in [-0.2, 0) is 9.59 Å². The molecule has 3 aromatic rings. The second-order valence-electron chi connectivity index (χ2n) is 6.52. The van der Waals surface area contributed by atoms with Crippen LogP contribution in [0.5, 0.6) is 11.5 Å². The quantitative estimate of drug-likeness (QED) is 0.227. The Morgan fingerprint density at radius 1 is 0.531 bits per heavy atom. The van der Waals surface area contributed by atoms with Crippen molar-refractivity contribution in [1.29, 1.82) is 0 Å². The molecule has 0 amide bonds. The molecule has 6 heteroatoms. The maximum absolute atomic E-state index is 12.2. The summed E-state index contributed by atoms with van der Waals surface area (Å²) in [7, 11) is 0. The van der Waals surface area contributed by atoms with Crippen molar-refractivity contribution in [2.24, 2.45) is 0 Å². The van der Waals surface area contributed by atoms with E-state index in [-0.39, 0.29) is 11.5 Å². The van der Waals surface area contributed by atoms with E-state index in [0.29, 0.717) is 11.1 Å². The van der Waals surface area contributed by atoms with Gasteiger partial charge in [-0.15, -0.1) is 0 Å². The lowest BCUT2D eigenvalue weighted by molar-refractivity contribution is -0.131. The van der Waals surface area contributed by atoms with E-state index in [9.17, 15) is 19.2 Å². The van der Waals surface area contributed by atoms with Crippen LogP contribution < -0.4 is 9.47 Å². The summed E-state index contributed by atoms with van der Waals surface area (Å²) in [6.07, 6.45) is 7.03. The lowest BCUT2D eigenvalue weighted by Gasteiger charge is -2.08. The number of hydrogen-bond acceptors (Lipinski definition) is 6. The molecule has 0 atom stereocenters. The molecular weight excluding hydrogens is 408 g/mol. The summed E-state index contributed by atoms with van der Waals surface area (Å²) in [6, 6.07) is 19.6. The van der Waals surface area contributed by atoms with Gasteiger partial charge in [0.1, 0.15) is 12.6 Å². The molecule has 0 heterocycles. The number of rotatable bonds is 8. The van der Waals surface area contributed by atoms with Gasteiger partial charge in [-0.2, -0.15) is 0 Å². The summed E-state index contributed by atoms with van der Waals surface area (Å²) in [4.78, 5) is 45.7. The lowest BCUT2D eigenvalue weighted by Crippen LogP contribution is -2.08. The Morgan fingerprint density at radius 3 is 1.22 bits per heavy atom. The van der Waals surface area contributed by atoms with Gasteiger partial charge in [-0.1, -0.05) is 60.7 Å². The molecule has 6 nitrogen and oxygen atoms in total. The molecule has 3 rings (SSSR count). The minimum absolute atomic E-state index is 0.0931. The summed E-state index contributed by atoms with van der Waals surface area (Å²) in [5.41, 5.74) is 2.51. The first kappa shape index (κ1) is 22.1. The van der Waals surface area contributed by atoms with E-state index in [2.05, 4.69) is 0 Å². The van der Waals surface area contributed by atoms with E-state index in [1.54, 1.807) is 72.8 Å². The molecule has 158 valence electrons. The Bertz CT molecular complexity index is 1080. The maximum atomic E-state index is 12.2. The predicted octanol–water partition coefficient (Wildman–Crippen LogP) is 4.55. The number of benzene rings is 3. The van der Waals surface area contributed by atoms with E-state index in [1.807, 2.05) is 0 Å². The maximum Gasteiger partial charge on any atom is 0.336 e. The molecule has 0 aliphatic rings. The number of esters is 2. The number of ether oxygens (including phenoxy) is 2. The minimum Gasteiger partial charge on any atom is -0.419 e. The van der Waals surface area contributed by atoms with Gasteiger partial charge in [0, 0.05) is 23.3 Å². The van der Waals surface area contributed by atoms with Crippen molar-refractivity contribution in [1.82, 2.24) is 0 Å². The first-order valence-corrected chi connectivity index (χ1v) is 9.56. The highest BCUT2D eigenvalue weighted by Gasteiger charge is 2.10. The fourth-order valence-corrected chi connectivity index (χ4v) is 2.60. The lowest BCUT2D eigenvalue weighted by atomic mass is 10.1. The van der Waals surface area contributed by atoms with E-state index in [0.717, 1.165) is 23.7 Å². The Morgan fingerprint density at radius 2 is 0.875 bits per heavy atom. The van der Waals surface area contributed by atoms with E-state index in [1.165, 1.54) is 24.3 Å². The summed E-state index contributed by atoms with van der Waals surface area (Å²) in [6.45, 7) is 0. The Hall–Kier alpha value is -4.58. The number of hydrogen-bond donors (Lipinski definition) is 0. The number of carbonyl (C=O) groups is 4. The zero-order valence-corrected chi connectivity index (χ0v) is 16.8. The molecule has 0 radical (unpaired) electrons. The third kappa shape index (κ3) is 6.47. The van der Waals surface area contributed by atoms with Crippen LogP contribution in [0.1, 0.15) is 31.8 Å². The Kier molecular flexibility index (Phi) is 7.59. The minimum atomic E-state index is -0.654. The molecule has 3 aromatic carbocycles. The molecule has 0 bridgehead atoms. The van der Waals surface area contributed by atoms with Gasteiger partial charge in [-0.05, 0) is 35.4 Å². The molecule has 0 saturated carbocycles. The van der Waals surface area contributed by atoms with Crippen LogP contribution in [0.3, 0.4) is 0 Å². The average molecular weight is 426 g/mol. The van der Waals surface area contributed by atoms with Gasteiger partial charge < -0.3 is 9.47 Å². The van der Waals surface area contributed by atoms with Gasteiger partial charge in [0.15, 0.2) is 11.5 Å². The van der Waals surface area contributed by atoms with Crippen molar-refractivity contribution in [3.8, 4) is 11.5 Å². The molecule has 0 aliphatic carbocycles. The van der Waals surface area contributed by atoms with Crippen LogP contribution in [0.2, 0.25) is 0 Å². The first-order valence-electron chi connectivity index (χ1n) is 9.56. The fraction of sp³-hybridized carbons (Fsp3) is 0. The zero-order valence-electron chi connectivity index (χ0n) is 16.8. The third-order valence-electron chi connectivity index (χ3n) is 4.24. The molecule has 0 spiro atoms. The van der Waals surface area contributed by atoms with Gasteiger partial charge in [-0.25, -0.2) is 9.59 Å². The topological polar surface area (TPSA) is 86.7 Å². The standard InChI is InChI=1S/C26H18O6/c27-17-21-9-5-19(6-10-21)13-15-25(29)31-23-3-1-2-4-24(23)32-26(30)16-14-20-7-11-22(18-28)12-8-20/h1-18H/b15-13+,16-14+. The van der Waals surface area contributed by atoms with Crippen molar-refractivity contribution in [3.05, 3.63) is 107 Å². The Labute approximate surface area is 184 Å². The van der Waals surface area contributed by atoms with Crippen molar-refractivity contribution >= 4 is 36.7 Å². The fourth-order valence-electron chi connectivity index (χ4n) is 2.60. The smallest absolute Gasteiger partial charge is 0.336 e. The highest BCUT2D eigenvalue weighted by Crippen LogP contribution is 2.27. The summed E-state index contributed by atoms with van der Waals surface area (Å²) in [5.74, 6) is -1.12. The van der Waals surface area contributed by atoms with Gasteiger partial charge in [0.2, 0.25) is 0 Å². The number of aldehydes is 2. The largest absolute Gasteiger partial charge is 0.419 e. The molecule has 0 saturated heterocycles. The third-order valence-corrected chi connectivity index (χ3v) is 4.24. The zero-order chi connectivity index (χ0) is 22.8. The number of para-hydroxylation sites is 2. The van der Waals surface area contributed by atoms with Crippen LogP contribution in [0.4, 0.5) is 0 Å². The molecule has 0 unspecified atom stereocenters. The van der Waals surface area contributed by atoms with Crippen LogP contribution in [0.25, 0.3) is 12.2 Å². The molecule has 0 aliphatic heterocycles. The summed E-state index contributed by atoms with van der Waals surface area (Å²) in [5, 5.41) is 0. The Balaban J connectivity index is 1.62. The summed E-state index contributed by atoms with van der Waals surface area (Å²) < 4.78 is 10.6. The summed E-state index contributed by atoms with van der Waals surface area (Å²) >= 11 is 0. The second-order valence-corrected chi connectivity index (χ2v) is 6.52. The highest BCUT2D eigenvalue weighted by atomic mass is 16.6. The van der Waals surface area contributed by atoms with Gasteiger partial charge in [0.25, 0.3) is 0 Å². The van der Waals surface area contributed by atoms with Crippen LogP contribution in [-0.4, -0.2) is 24.5 Å². The number of carbonyl (C=O) groups excluding carboxylic acids is 4. The van der Waals surface area contributed by atoms with E-state index < -0.39 is 11.9 Å². The average Bonchev–Trinajstić information content (AvgIpc) is 2.83. The normalized spacial score (nSPS) is 10.8. The van der Waals surface area contributed by atoms with Crippen molar-refractivity contribution in [2.75, 3.05) is 0 Å². The van der Waals surface area contributed by atoms with Crippen LogP contribution in [0.15, 0.2) is 84.9 Å². The van der Waals surface area contributed by atoms with E-state index in [4.69, 9.17) is 9.47 Å². The predicted molar refractivity (Wildman–Crippen MR) is 119 cm³/mol. The van der Waals surface area contributed by atoms with Crippen LogP contribution >= 0.6 is 0 Å². The van der Waals surface area contributed by atoms with Crippen molar-refractivity contribution in [2.45, 2.75) is 0 Å². The molecule has 0 N–H and O–H groups in total.